The average molecular weight is 215 g/mol. The number of benzene rings is 1. The van der Waals surface area contributed by atoms with E-state index in [2.05, 4.69) is 10.1 Å². The number of carbonyl (C=O) groups is 1. The Bertz CT molecular complexity index is 476. The zero-order valence-electron chi connectivity index (χ0n) is 9.13. The summed E-state index contributed by atoms with van der Waals surface area (Å²) >= 11 is 0. The molecule has 0 atom stereocenters. The highest BCUT2D eigenvalue weighted by atomic mass is 16.1. The molecule has 82 valence electrons. The summed E-state index contributed by atoms with van der Waals surface area (Å²) in [5.41, 5.74) is 1.15. The van der Waals surface area contributed by atoms with Gasteiger partial charge in [0.05, 0.1) is 13.0 Å². The van der Waals surface area contributed by atoms with Gasteiger partial charge in [-0.3, -0.25) is 4.79 Å². The fraction of sp³-hybridized carbons (Fsp3) is 0.250. The van der Waals surface area contributed by atoms with E-state index in [0.717, 1.165) is 11.4 Å². The molecule has 0 N–H and O–H groups in total. The first kappa shape index (κ1) is 10.5. The van der Waals surface area contributed by atoms with Crippen molar-refractivity contribution in [3.05, 3.63) is 48.0 Å². The van der Waals surface area contributed by atoms with Crippen LogP contribution in [-0.4, -0.2) is 20.5 Å². The van der Waals surface area contributed by atoms with E-state index in [-0.39, 0.29) is 5.78 Å². The third-order valence-corrected chi connectivity index (χ3v) is 2.28. The van der Waals surface area contributed by atoms with Gasteiger partial charge in [0, 0.05) is 0 Å². The predicted octanol–water partition coefficient (Wildman–Crippen LogP) is 1.46. The molecule has 0 aliphatic carbocycles. The fourth-order valence-electron chi connectivity index (χ4n) is 1.54. The predicted molar refractivity (Wildman–Crippen MR) is 60.0 cm³/mol. The minimum Gasteiger partial charge on any atom is -0.300 e. The van der Waals surface area contributed by atoms with E-state index in [1.807, 2.05) is 30.3 Å². The lowest BCUT2D eigenvalue weighted by molar-refractivity contribution is -0.116. The van der Waals surface area contributed by atoms with Crippen LogP contribution >= 0.6 is 0 Å². The van der Waals surface area contributed by atoms with Crippen molar-refractivity contribution in [2.75, 3.05) is 0 Å². The topological polar surface area (TPSA) is 47.8 Å². The summed E-state index contributed by atoms with van der Waals surface area (Å²) in [7, 11) is 0. The van der Waals surface area contributed by atoms with Crippen molar-refractivity contribution < 1.29 is 4.79 Å². The summed E-state index contributed by atoms with van der Waals surface area (Å²) in [6, 6.07) is 9.99. The van der Waals surface area contributed by atoms with Crippen LogP contribution in [0, 0.1) is 0 Å². The number of rotatable bonds is 4. The standard InChI is InChI=1S/C12H13N3O/c1-10(16)7-12-13-9-14-15(12)8-11-5-3-2-4-6-11/h2-6,9H,7-8H2,1H3. The van der Waals surface area contributed by atoms with E-state index < -0.39 is 0 Å². The number of hydrogen-bond donors (Lipinski definition) is 0. The number of ketones is 1. The van der Waals surface area contributed by atoms with Crippen LogP contribution < -0.4 is 0 Å². The van der Waals surface area contributed by atoms with Crippen molar-refractivity contribution in [3.8, 4) is 0 Å². The van der Waals surface area contributed by atoms with Crippen molar-refractivity contribution in [1.82, 2.24) is 14.8 Å². The maximum absolute atomic E-state index is 11.0. The molecule has 4 heteroatoms. The number of Topliss-reactive ketones (excluding diaryl/α,β-unsaturated/α-hetero) is 1. The summed E-state index contributed by atoms with van der Waals surface area (Å²) in [5, 5.41) is 4.12. The Morgan fingerprint density at radius 1 is 1.31 bits per heavy atom. The monoisotopic (exact) mass is 215 g/mol. The molecule has 0 unspecified atom stereocenters. The molecule has 0 amide bonds. The van der Waals surface area contributed by atoms with Crippen LogP contribution in [0.25, 0.3) is 0 Å². The molecule has 0 aliphatic heterocycles. The van der Waals surface area contributed by atoms with E-state index in [1.165, 1.54) is 6.33 Å². The molecule has 1 aromatic carbocycles. The first-order valence-electron chi connectivity index (χ1n) is 5.16. The molecule has 0 fully saturated rings. The molecule has 0 saturated heterocycles. The Balaban J connectivity index is 2.16. The summed E-state index contributed by atoms with van der Waals surface area (Å²) in [4.78, 5) is 15.1. The van der Waals surface area contributed by atoms with Gasteiger partial charge in [-0.2, -0.15) is 5.10 Å². The minimum atomic E-state index is 0.0994. The van der Waals surface area contributed by atoms with Crippen molar-refractivity contribution in [1.29, 1.82) is 0 Å². The lowest BCUT2D eigenvalue weighted by atomic mass is 10.2. The van der Waals surface area contributed by atoms with Gasteiger partial charge < -0.3 is 0 Å². The van der Waals surface area contributed by atoms with E-state index >= 15 is 0 Å². The molecule has 4 nitrogen and oxygen atoms in total. The first-order chi connectivity index (χ1) is 7.75. The maximum Gasteiger partial charge on any atom is 0.138 e. The molecule has 2 aromatic rings. The van der Waals surface area contributed by atoms with E-state index in [1.54, 1.807) is 11.6 Å². The van der Waals surface area contributed by atoms with Gasteiger partial charge in [0.15, 0.2) is 0 Å². The quantitative estimate of drug-likeness (QED) is 0.775. The summed E-state index contributed by atoms with van der Waals surface area (Å²) in [6.45, 7) is 2.21. The number of carbonyl (C=O) groups excluding carboxylic acids is 1. The van der Waals surface area contributed by atoms with Gasteiger partial charge in [-0.25, -0.2) is 9.67 Å². The van der Waals surface area contributed by atoms with Crippen molar-refractivity contribution >= 4 is 5.78 Å². The number of hydrogen-bond acceptors (Lipinski definition) is 3. The Kier molecular flexibility index (Phi) is 3.10. The smallest absolute Gasteiger partial charge is 0.138 e. The average Bonchev–Trinajstić information content (AvgIpc) is 2.66. The molecule has 0 bridgehead atoms. The fourth-order valence-corrected chi connectivity index (χ4v) is 1.54. The Hall–Kier alpha value is -1.97. The normalized spacial score (nSPS) is 10.3. The van der Waals surface area contributed by atoms with Gasteiger partial charge in [-0.15, -0.1) is 0 Å². The van der Waals surface area contributed by atoms with Crippen LogP contribution in [-0.2, 0) is 17.8 Å². The molecule has 0 saturated carbocycles. The SMILES string of the molecule is CC(=O)Cc1ncnn1Cc1ccccc1. The molecular weight excluding hydrogens is 202 g/mol. The zero-order valence-corrected chi connectivity index (χ0v) is 9.13. The van der Waals surface area contributed by atoms with Crippen LogP contribution in [0.15, 0.2) is 36.7 Å². The van der Waals surface area contributed by atoms with Crippen molar-refractivity contribution in [3.63, 3.8) is 0 Å². The summed E-state index contributed by atoms with van der Waals surface area (Å²) < 4.78 is 1.76. The van der Waals surface area contributed by atoms with Crippen LogP contribution in [0.3, 0.4) is 0 Å². The lowest BCUT2D eigenvalue weighted by Crippen LogP contribution is -2.10. The highest BCUT2D eigenvalue weighted by Gasteiger charge is 2.06. The molecule has 0 spiro atoms. The molecule has 16 heavy (non-hydrogen) atoms. The van der Waals surface area contributed by atoms with Crippen LogP contribution in [0.5, 0.6) is 0 Å². The Morgan fingerprint density at radius 2 is 2.06 bits per heavy atom. The second kappa shape index (κ2) is 4.70. The van der Waals surface area contributed by atoms with Crippen LogP contribution in [0.2, 0.25) is 0 Å². The van der Waals surface area contributed by atoms with Gasteiger partial charge in [0.25, 0.3) is 0 Å². The first-order valence-corrected chi connectivity index (χ1v) is 5.16. The van der Waals surface area contributed by atoms with Crippen molar-refractivity contribution in [2.45, 2.75) is 19.9 Å². The second-order valence-electron chi connectivity index (χ2n) is 3.70. The number of aromatic nitrogens is 3. The Labute approximate surface area is 93.9 Å². The second-order valence-corrected chi connectivity index (χ2v) is 3.70. The zero-order chi connectivity index (χ0) is 11.4. The van der Waals surface area contributed by atoms with Gasteiger partial charge in [0.2, 0.25) is 0 Å². The third-order valence-electron chi connectivity index (χ3n) is 2.28. The highest BCUT2D eigenvalue weighted by molar-refractivity contribution is 5.77. The number of nitrogens with zero attached hydrogens (tertiary/aromatic N) is 3. The van der Waals surface area contributed by atoms with Crippen molar-refractivity contribution in [2.24, 2.45) is 0 Å². The summed E-state index contributed by atoms with van der Waals surface area (Å²) in [5.74, 6) is 0.818. The largest absolute Gasteiger partial charge is 0.300 e. The molecule has 0 aliphatic rings. The maximum atomic E-state index is 11.0. The van der Waals surface area contributed by atoms with Gasteiger partial charge in [-0.1, -0.05) is 30.3 Å². The third kappa shape index (κ3) is 2.53. The minimum absolute atomic E-state index is 0.0994. The molecule has 0 radical (unpaired) electrons. The van der Waals surface area contributed by atoms with Gasteiger partial charge >= 0.3 is 0 Å². The van der Waals surface area contributed by atoms with Crippen LogP contribution in [0.1, 0.15) is 18.3 Å². The Morgan fingerprint density at radius 3 is 2.75 bits per heavy atom. The summed E-state index contributed by atoms with van der Waals surface area (Å²) in [6.07, 6.45) is 1.83. The van der Waals surface area contributed by atoms with Gasteiger partial charge in [0.1, 0.15) is 17.9 Å². The molecule has 1 aromatic heterocycles. The van der Waals surface area contributed by atoms with Crippen LogP contribution in [0.4, 0.5) is 0 Å². The van der Waals surface area contributed by atoms with Gasteiger partial charge in [-0.05, 0) is 12.5 Å². The van der Waals surface area contributed by atoms with E-state index in [0.29, 0.717) is 13.0 Å². The van der Waals surface area contributed by atoms with E-state index in [4.69, 9.17) is 0 Å². The van der Waals surface area contributed by atoms with E-state index in [9.17, 15) is 4.79 Å². The molecule has 1 heterocycles. The lowest BCUT2D eigenvalue weighted by Gasteiger charge is -2.04. The highest BCUT2D eigenvalue weighted by Crippen LogP contribution is 2.04. The molecular formula is C12H13N3O. The molecule has 2 rings (SSSR count).